The van der Waals surface area contributed by atoms with Gasteiger partial charge in [-0.1, -0.05) is 48.0 Å². The van der Waals surface area contributed by atoms with Gasteiger partial charge in [0.05, 0.1) is 6.61 Å². The van der Waals surface area contributed by atoms with E-state index in [1.54, 1.807) is 49.4 Å². The predicted octanol–water partition coefficient (Wildman–Crippen LogP) is 3.34. The molecule has 0 aliphatic rings. The van der Waals surface area contributed by atoms with E-state index in [2.05, 4.69) is 5.32 Å². The summed E-state index contributed by atoms with van der Waals surface area (Å²) < 4.78 is 9.98. The normalized spacial score (nSPS) is 11.6. The number of aryl methyl sites for hydroxylation is 1. The molecule has 27 heavy (non-hydrogen) atoms. The second kappa shape index (κ2) is 9.91. The van der Waals surface area contributed by atoms with Crippen LogP contribution in [0.1, 0.15) is 24.2 Å². The lowest BCUT2D eigenvalue weighted by atomic mass is 10.1. The number of carbonyl (C=O) groups is 3. The molecule has 1 amide bonds. The van der Waals surface area contributed by atoms with Gasteiger partial charge in [0.2, 0.25) is 6.10 Å². The molecule has 6 heteroatoms. The van der Waals surface area contributed by atoms with Crippen molar-refractivity contribution < 1.29 is 23.9 Å². The number of benzene rings is 2. The average molecular weight is 367 g/mol. The van der Waals surface area contributed by atoms with Crippen molar-refractivity contribution in [1.29, 1.82) is 0 Å². The van der Waals surface area contributed by atoms with Crippen LogP contribution in [-0.4, -0.2) is 24.5 Å². The minimum atomic E-state index is -1.16. The molecule has 0 heterocycles. The van der Waals surface area contributed by atoms with E-state index in [9.17, 15) is 14.4 Å². The quantitative estimate of drug-likeness (QED) is 0.600. The summed E-state index contributed by atoms with van der Waals surface area (Å²) in [6.45, 7) is 3.80. The van der Waals surface area contributed by atoms with Crippen LogP contribution in [0.5, 0.6) is 0 Å². The molecule has 2 aromatic carbocycles. The zero-order valence-corrected chi connectivity index (χ0v) is 15.2. The van der Waals surface area contributed by atoms with Crippen molar-refractivity contribution in [2.75, 3.05) is 11.9 Å². The number of nitrogens with one attached hydrogen (secondary N) is 1. The summed E-state index contributed by atoms with van der Waals surface area (Å²) in [6.07, 6.45) is 0.741. The van der Waals surface area contributed by atoms with Crippen LogP contribution in [0, 0.1) is 6.92 Å². The van der Waals surface area contributed by atoms with Crippen molar-refractivity contribution in [3.05, 3.63) is 77.9 Å². The molecule has 1 N–H and O–H groups in total. The molecule has 0 unspecified atom stereocenters. The number of anilines is 1. The Hall–Kier alpha value is -3.41. The first-order chi connectivity index (χ1) is 13.0. The van der Waals surface area contributed by atoms with Crippen molar-refractivity contribution in [3.8, 4) is 0 Å². The summed E-state index contributed by atoms with van der Waals surface area (Å²) in [7, 11) is 0. The van der Waals surface area contributed by atoms with Gasteiger partial charge >= 0.3 is 11.9 Å². The van der Waals surface area contributed by atoms with Gasteiger partial charge in [-0.25, -0.2) is 9.59 Å². The Morgan fingerprint density at radius 1 is 0.963 bits per heavy atom. The van der Waals surface area contributed by atoms with Gasteiger partial charge in [0.1, 0.15) is 0 Å². The standard InChI is InChI=1S/C21H21NO5/c1-3-26-18(23)13-14-19(24)27-20(16-7-5-4-6-8-16)21(25)22-17-11-9-15(2)10-12-17/h4-14,20H,3H2,1-2H3,(H,22,25)/b14-13+/t20-/m1/s1. The number of ether oxygens (including phenoxy) is 2. The monoisotopic (exact) mass is 367 g/mol. The van der Waals surface area contributed by atoms with Crippen molar-refractivity contribution >= 4 is 23.5 Å². The number of hydrogen-bond acceptors (Lipinski definition) is 5. The van der Waals surface area contributed by atoms with E-state index in [0.29, 0.717) is 11.3 Å². The highest BCUT2D eigenvalue weighted by molar-refractivity contribution is 5.98. The van der Waals surface area contributed by atoms with Gasteiger partial charge in [-0.15, -0.1) is 0 Å². The Labute approximate surface area is 157 Å². The Morgan fingerprint density at radius 2 is 1.59 bits per heavy atom. The number of hydrogen-bond donors (Lipinski definition) is 1. The topological polar surface area (TPSA) is 81.7 Å². The molecular formula is C21H21NO5. The molecule has 0 saturated carbocycles. The van der Waals surface area contributed by atoms with Gasteiger partial charge in [0.15, 0.2) is 0 Å². The summed E-state index contributed by atoms with van der Waals surface area (Å²) in [6, 6.07) is 15.9. The number of amides is 1. The third kappa shape index (κ3) is 6.43. The Kier molecular flexibility index (Phi) is 7.31. The fraction of sp³-hybridized carbons (Fsp3) is 0.190. The molecule has 6 nitrogen and oxygen atoms in total. The maximum atomic E-state index is 12.7. The fourth-order valence-corrected chi connectivity index (χ4v) is 2.23. The van der Waals surface area contributed by atoms with Gasteiger partial charge in [-0.3, -0.25) is 4.79 Å². The lowest BCUT2D eigenvalue weighted by molar-refractivity contribution is -0.150. The maximum absolute atomic E-state index is 12.7. The van der Waals surface area contributed by atoms with Crippen LogP contribution < -0.4 is 5.32 Å². The van der Waals surface area contributed by atoms with Crippen LogP contribution in [0.4, 0.5) is 5.69 Å². The van der Waals surface area contributed by atoms with Crippen molar-refractivity contribution in [3.63, 3.8) is 0 Å². The molecule has 0 bridgehead atoms. The molecule has 0 aromatic heterocycles. The van der Waals surface area contributed by atoms with E-state index in [1.807, 2.05) is 19.1 Å². The summed E-state index contributed by atoms with van der Waals surface area (Å²) in [5.74, 6) is -1.98. The van der Waals surface area contributed by atoms with E-state index in [0.717, 1.165) is 17.7 Å². The molecule has 0 aliphatic heterocycles. The van der Waals surface area contributed by atoms with Crippen LogP contribution >= 0.6 is 0 Å². The third-order valence-electron chi connectivity index (χ3n) is 3.54. The highest BCUT2D eigenvalue weighted by atomic mass is 16.5. The van der Waals surface area contributed by atoms with Crippen molar-refractivity contribution in [2.24, 2.45) is 0 Å². The largest absolute Gasteiger partial charge is 0.463 e. The lowest BCUT2D eigenvalue weighted by Crippen LogP contribution is -2.25. The van der Waals surface area contributed by atoms with E-state index in [1.165, 1.54) is 0 Å². The van der Waals surface area contributed by atoms with E-state index >= 15 is 0 Å². The molecule has 1 atom stereocenters. The number of rotatable bonds is 7. The third-order valence-corrected chi connectivity index (χ3v) is 3.54. The maximum Gasteiger partial charge on any atom is 0.332 e. The first-order valence-corrected chi connectivity index (χ1v) is 8.47. The minimum absolute atomic E-state index is 0.198. The van der Waals surface area contributed by atoms with Gasteiger partial charge < -0.3 is 14.8 Å². The molecule has 140 valence electrons. The molecule has 0 fully saturated rings. The predicted molar refractivity (Wildman–Crippen MR) is 101 cm³/mol. The Morgan fingerprint density at radius 3 is 2.22 bits per heavy atom. The van der Waals surface area contributed by atoms with Gasteiger partial charge in [-0.2, -0.15) is 0 Å². The second-order valence-corrected chi connectivity index (χ2v) is 5.67. The molecule has 0 aliphatic carbocycles. The molecule has 2 aromatic rings. The van der Waals surface area contributed by atoms with E-state index in [4.69, 9.17) is 9.47 Å². The molecule has 0 saturated heterocycles. The average Bonchev–Trinajstić information content (AvgIpc) is 2.67. The summed E-state index contributed by atoms with van der Waals surface area (Å²) in [5, 5.41) is 2.73. The smallest absolute Gasteiger partial charge is 0.332 e. The van der Waals surface area contributed by atoms with Crippen LogP contribution in [0.2, 0.25) is 0 Å². The number of carbonyl (C=O) groups excluding carboxylic acids is 3. The molecular weight excluding hydrogens is 346 g/mol. The minimum Gasteiger partial charge on any atom is -0.463 e. The fourth-order valence-electron chi connectivity index (χ4n) is 2.23. The van der Waals surface area contributed by atoms with Crippen molar-refractivity contribution in [2.45, 2.75) is 20.0 Å². The first kappa shape index (κ1) is 19.9. The Balaban J connectivity index is 2.14. The summed E-state index contributed by atoms with van der Waals surface area (Å²) in [4.78, 5) is 36.0. The van der Waals surface area contributed by atoms with Crippen LogP contribution in [-0.2, 0) is 23.9 Å². The zero-order chi connectivity index (χ0) is 19.6. The van der Waals surface area contributed by atoms with E-state index in [-0.39, 0.29) is 6.61 Å². The first-order valence-electron chi connectivity index (χ1n) is 8.47. The second-order valence-electron chi connectivity index (χ2n) is 5.67. The van der Waals surface area contributed by atoms with E-state index < -0.39 is 23.9 Å². The summed E-state index contributed by atoms with van der Waals surface area (Å²) in [5.41, 5.74) is 2.16. The highest BCUT2D eigenvalue weighted by Crippen LogP contribution is 2.20. The molecule has 2 rings (SSSR count). The highest BCUT2D eigenvalue weighted by Gasteiger charge is 2.24. The van der Waals surface area contributed by atoms with Gasteiger partial charge in [0.25, 0.3) is 5.91 Å². The van der Waals surface area contributed by atoms with Crippen LogP contribution in [0.25, 0.3) is 0 Å². The van der Waals surface area contributed by atoms with Crippen LogP contribution in [0.3, 0.4) is 0 Å². The zero-order valence-electron chi connectivity index (χ0n) is 15.2. The lowest BCUT2D eigenvalue weighted by Gasteiger charge is -2.17. The molecule has 0 spiro atoms. The van der Waals surface area contributed by atoms with Crippen molar-refractivity contribution in [1.82, 2.24) is 0 Å². The summed E-state index contributed by atoms with van der Waals surface area (Å²) >= 11 is 0. The van der Waals surface area contributed by atoms with Gasteiger partial charge in [-0.05, 0) is 26.0 Å². The van der Waals surface area contributed by atoms with Gasteiger partial charge in [0, 0.05) is 23.4 Å². The molecule has 0 radical (unpaired) electrons. The Bertz CT molecular complexity index is 812. The SMILES string of the molecule is CCOC(=O)/C=C/C(=O)O[C@@H](C(=O)Nc1ccc(C)cc1)c1ccccc1. The number of esters is 2. The van der Waals surface area contributed by atoms with Crippen LogP contribution in [0.15, 0.2) is 66.7 Å².